The first kappa shape index (κ1) is 13.7. The fourth-order valence-corrected chi connectivity index (χ4v) is 2.64. The van der Waals surface area contributed by atoms with Crippen molar-refractivity contribution in [3.05, 3.63) is 0 Å². The summed E-state index contributed by atoms with van der Waals surface area (Å²) in [7, 11) is 0. The molecular formula is C9H18N2O4S. The van der Waals surface area contributed by atoms with Crippen LogP contribution in [0.15, 0.2) is 0 Å². The van der Waals surface area contributed by atoms with E-state index in [0.29, 0.717) is 24.5 Å². The number of β-amino-alcohol motifs (C(OH)–C–C–N with tert-alkyl or cyclic N) is 1. The van der Waals surface area contributed by atoms with Crippen LogP contribution >= 0.6 is 11.8 Å². The summed E-state index contributed by atoms with van der Waals surface area (Å²) in [5, 5.41) is 30.3. The zero-order valence-corrected chi connectivity index (χ0v) is 9.69. The number of carboxylic acids is 1. The van der Waals surface area contributed by atoms with Crippen LogP contribution in [0.3, 0.4) is 0 Å². The minimum absolute atomic E-state index is 0.124. The van der Waals surface area contributed by atoms with Gasteiger partial charge in [0.05, 0.1) is 12.2 Å². The molecule has 0 saturated carbocycles. The number of carbonyl (C=O) groups is 1. The van der Waals surface area contributed by atoms with Crippen molar-refractivity contribution in [1.82, 2.24) is 5.32 Å². The molecule has 6 nitrogen and oxygen atoms in total. The second kappa shape index (κ2) is 6.41. The van der Waals surface area contributed by atoms with Crippen LogP contribution in [0.5, 0.6) is 0 Å². The Bertz CT molecular complexity index is 242. The van der Waals surface area contributed by atoms with E-state index in [9.17, 15) is 15.0 Å². The summed E-state index contributed by atoms with van der Waals surface area (Å²) in [6, 6.07) is -0.944. The van der Waals surface area contributed by atoms with Crippen LogP contribution in [0.4, 0.5) is 0 Å². The molecule has 94 valence electrons. The maximum Gasteiger partial charge on any atom is 0.320 e. The van der Waals surface area contributed by atoms with E-state index in [4.69, 9.17) is 10.8 Å². The number of hydrogen-bond acceptors (Lipinski definition) is 6. The lowest BCUT2D eigenvalue weighted by Gasteiger charge is -2.15. The van der Waals surface area contributed by atoms with Gasteiger partial charge in [-0.3, -0.25) is 4.79 Å². The fraction of sp³-hybridized carbons (Fsp3) is 0.889. The Morgan fingerprint density at radius 2 is 2.25 bits per heavy atom. The summed E-state index contributed by atoms with van der Waals surface area (Å²) < 4.78 is 0. The molecule has 0 radical (unpaired) electrons. The maximum absolute atomic E-state index is 10.4. The molecule has 1 saturated heterocycles. The third kappa shape index (κ3) is 3.91. The lowest BCUT2D eigenvalue weighted by atomic mass is 10.2. The SMILES string of the molecule is N[C@@H](CCSC[C@H]1NC[C@H](O)[C@@H]1O)C(=O)O. The van der Waals surface area contributed by atoms with E-state index in [1.807, 2.05) is 0 Å². The standard InChI is InChI=1S/C9H18N2O4S/c10-5(9(14)15)1-2-16-4-6-8(13)7(12)3-11-6/h5-8,11-13H,1-4,10H2,(H,14,15)/t5-,6+,7-,8+/m0/s1. The highest BCUT2D eigenvalue weighted by atomic mass is 32.2. The van der Waals surface area contributed by atoms with Crippen molar-refractivity contribution in [3.63, 3.8) is 0 Å². The Kier molecular flexibility index (Phi) is 5.50. The second-order valence-corrected chi connectivity index (χ2v) is 5.03. The molecule has 0 amide bonds. The van der Waals surface area contributed by atoms with Crippen LogP contribution in [0.1, 0.15) is 6.42 Å². The van der Waals surface area contributed by atoms with E-state index in [2.05, 4.69) is 5.32 Å². The van der Waals surface area contributed by atoms with Gasteiger partial charge in [0.15, 0.2) is 0 Å². The molecule has 0 bridgehead atoms. The second-order valence-electron chi connectivity index (χ2n) is 3.88. The Balaban J connectivity index is 2.10. The van der Waals surface area contributed by atoms with E-state index in [1.54, 1.807) is 0 Å². The van der Waals surface area contributed by atoms with E-state index in [-0.39, 0.29) is 6.04 Å². The average Bonchev–Trinajstić information content (AvgIpc) is 2.55. The van der Waals surface area contributed by atoms with Gasteiger partial charge in [-0.25, -0.2) is 0 Å². The number of hydrogen-bond donors (Lipinski definition) is 5. The number of aliphatic hydroxyl groups excluding tert-OH is 2. The van der Waals surface area contributed by atoms with Crippen molar-refractivity contribution in [2.24, 2.45) is 5.73 Å². The molecule has 1 aliphatic heterocycles. The first-order chi connectivity index (χ1) is 7.52. The molecule has 0 unspecified atom stereocenters. The first-order valence-electron chi connectivity index (χ1n) is 5.18. The molecule has 0 aromatic carbocycles. The number of rotatable bonds is 6. The van der Waals surface area contributed by atoms with Gasteiger partial charge in [-0.2, -0.15) is 11.8 Å². The number of aliphatic carboxylic acids is 1. The third-order valence-electron chi connectivity index (χ3n) is 2.58. The molecule has 1 fully saturated rings. The number of aliphatic hydroxyl groups is 2. The highest BCUT2D eigenvalue weighted by Gasteiger charge is 2.32. The molecule has 0 aromatic heterocycles. The number of nitrogens with one attached hydrogen (secondary N) is 1. The molecule has 1 heterocycles. The van der Waals surface area contributed by atoms with Crippen LogP contribution in [0.25, 0.3) is 0 Å². The van der Waals surface area contributed by atoms with Crippen molar-refractivity contribution in [2.45, 2.75) is 30.7 Å². The van der Waals surface area contributed by atoms with Gasteiger partial charge in [0.2, 0.25) is 0 Å². The molecule has 4 atom stereocenters. The molecule has 0 aliphatic carbocycles. The largest absolute Gasteiger partial charge is 0.480 e. The topological polar surface area (TPSA) is 116 Å². The first-order valence-corrected chi connectivity index (χ1v) is 6.33. The molecule has 1 aliphatic rings. The molecule has 7 heteroatoms. The molecule has 6 N–H and O–H groups in total. The summed E-state index contributed by atoms with van der Waals surface area (Å²) in [5.74, 6) is 0.286. The predicted molar refractivity (Wildman–Crippen MR) is 61.4 cm³/mol. The zero-order valence-electron chi connectivity index (χ0n) is 8.87. The third-order valence-corrected chi connectivity index (χ3v) is 3.70. The molecule has 0 spiro atoms. The van der Waals surface area contributed by atoms with Crippen LogP contribution < -0.4 is 11.1 Å². The monoisotopic (exact) mass is 250 g/mol. The minimum atomic E-state index is -0.991. The average molecular weight is 250 g/mol. The van der Waals surface area contributed by atoms with Crippen LogP contribution in [0.2, 0.25) is 0 Å². The highest BCUT2D eigenvalue weighted by Crippen LogP contribution is 2.14. The van der Waals surface area contributed by atoms with Gasteiger partial charge in [-0.05, 0) is 12.2 Å². The normalized spacial score (nSPS) is 31.6. The molecule has 1 rings (SSSR count). The van der Waals surface area contributed by atoms with E-state index in [0.717, 1.165) is 0 Å². The summed E-state index contributed by atoms with van der Waals surface area (Å²) in [6.07, 6.45) is -1.03. The van der Waals surface area contributed by atoms with Crippen LogP contribution in [-0.2, 0) is 4.79 Å². The summed E-state index contributed by atoms with van der Waals surface area (Å²) in [5.41, 5.74) is 5.34. The summed E-state index contributed by atoms with van der Waals surface area (Å²) >= 11 is 1.53. The van der Waals surface area contributed by atoms with E-state index in [1.165, 1.54) is 11.8 Å². The summed E-state index contributed by atoms with van der Waals surface area (Å²) in [4.78, 5) is 10.4. The van der Waals surface area contributed by atoms with Gasteiger partial charge in [0.1, 0.15) is 6.04 Å². The summed E-state index contributed by atoms with van der Waals surface area (Å²) in [6.45, 7) is 0.404. The maximum atomic E-state index is 10.4. The number of carboxylic acid groups (broad SMARTS) is 1. The lowest BCUT2D eigenvalue weighted by Crippen LogP contribution is -2.35. The zero-order chi connectivity index (χ0) is 12.1. The van der Waals surface area contributed by atoms with E-state index < -0.39 is 24.2 Å². The Labute approximate surface area is 98.2 Å². The van der Waals surface area contributed by atoms with Gasteiger partial charge in [0.25, 0.3) is 0 Å². The fourth-order valence-electron chi connectivity index (χ4n) is 1.48. The van der Waals surface area contributed by atoms with E-state index >= 15 is 0 Å². The van der Waals surface area contributed by atoms with Crippen molar-refractivity contribution in [2.75, 3.05) is 18.1 Å². The Hall–Kier alpha value is -0.340. The molecule has 16 heavy (non-hydrogen) atoms. The molecule has 0 aromatic rings. The number of nitrogens with two attached hydrogens (primary N) is 1. The molecular weight excluding hydrogens is 232 g/mol. The Morgan fingerprint density at radius 3 is 2.75 bits per heavy atom. The predicted octanol–water partition coefficient (Wildman–Crippen LogP) is -1.78. The van der Waals surface area contributed by atoms with Gasteiger partial charge < -0.3 is 26.4 Å². The quantitative estimate of drug-likeness (QED) is 0.354. The van der Waals surface area contributed by atoms with Gasteiger partial charge >= 0.3 is 5.97 Å². The van der Waals surface area contributed by atoms with Crippen molar-refractivity contribution >= 4 is 17.7 Å². The van der Waals surface area contributed by atoms with Gasteiger partial charge in [0, 0.05) is 18.3 Å². The van der Waals surface area contributed by atoms with Gasteiger partial charge in [-0.1, -0.05) is 0 Å². The van der Waals surface area contributed by atoms with Crippen molar-refractivity contribution in [1.29, 1.82) is 0 Å². The smallest absolute Gasteiger partial charge is 0.320 e. The van der Waals surface area contributed by atoms with Gasteiger partial charge in [-0.15, -0.1) is 0 Å². The highest BCUT2D eigenvalue weighted by molar-refractivity contribution is 7.99. The lowest BCUT2D eigenvalue weighted by molar-refractivity contribution is -0.138. The van der Waals surface area contributed by atoms with Crippen LogP contribution in [0, 0.1) is 0 Å². The van der Waals surface area contributed by atoms with Crippen molar-refractivity contribution < 1.29 is 20.1 Å². The minimum Gasteiger partial charge on any atom is -0.480 e. The Morgan fingerprint density at radius 1 is 1.56 bits per heavy atom. The van der Waals surface area contributed by atoms with Crippen molar-refractivity contribution in [3.8, 4) is 0 Å². The number of thioether (sulfide) groups is 1. The van der Waals surface area contributed by atoms with Crippen LogP contribution in [-0.4, -0.2) is 63.6 Å².